The summed E-state index contributed by atoms with van der Waals surface area (Å²) < 4.78 is 54.6. The number of rotatable bonds is 4. The number of carbonyl (C=O) groups is 1. The molecule has 2 aliphatic rings. The third-order valence-corrected chi connectivity index (χ3v) is 7.46. The third-order valence-electron chi connectivity index (χ3n) is 4.69. The van der Waals surface area contributed by atoms with Gasteiger partial charge < -0.3 is 9.50 Å². The molecule has 1 N–H and O–H groups in total. The van der Waals surface area contributed by atoms with E-state index in [4.69, 9.17) is 4.18 Å². The van der Waals surface area contributed by atoms with E-state index < -0.39 is 26.0 Å². The molecule has 0 bridgehead atoms. The first-order valence-corrected chi connectivity index (χ1v) is 11.8. The second kappa shape index (κ2) is 7.29. The van der Waals surface area contributed by atoms with Gasteiger partial charge in [-0.2, -0.15) is 12.7 Å². The van der Waals surface area contributed by atoms with Crippen LogP contribution in [0.4, 0.5) is 5.69 Å². The van der Waals surface area contributed by atoms with Crippen LogP contribution in [0, 0.1) is 0 Å². The van der Waals surface area contributed by atoms with Gasteiger partial charge in [-0.15, -0.1) is 0 Å². The first-order chi connectivity index (χ1) is 13.7. The minimum atomic E-state index is -3.73. The molecule has 152 valence electrons. The van der Waals surface area contributed by atoms with Gasteiger partial charge in [-0.05, 0) is 55.3 Å². The van der Waals surface area contributed by atoms with Crippen molar-refractivity contribution in [1.82, 2.24) is 4.31 Å². The molecule has 0 atom stereocenters. The van der Waals surface area contributed by atoms with Gasteiger partial charge in [0.05, 0.1) is 10.3 Å². The van der Waals surface area contributed by atoms with Crippen molar-refractivity contribution < 1.29 is 25.8 Å². The van der Waals surface area contributed by atoms with Gasteiger partial charge in [-0.3, -0.25) is 4.79 Å². The second-order valence-corrected chi connectivity index (χ2v) is 10.1. The molecule has 1 saturated heterocycles. The lowest BCUT2D eigenvalue weighted by molar-refractivity contribution is 0.102. The van der Waals surface area contributed by atoms with Gasteiger partial charge in [-0.1, -0.05) is 6.07 Å². The molecule has 2 heterocycles. The molecule has 0 aromatic heterocycles. The topological polar surface area (TPSA) is 110 Å². The van der Waals surface area contributed by atoms with Crippen LogP contribution in [0.1, 0.15) is 28.8 Å². The van der Waals surface area contributed by atoms with Gasteiger partial charge in [0.15, 0.2) is 0 Å². The van der Waals surface area contributed by atoms with Crippen LogP contribution in [0.15, 0.2) is 52.8 Å². The van der Waals surface area contributed by atoms with Gasteiger partial charge in [0, 0.05) is 29.9 Å². The summed E-state index contributed by atoms with van der Waals surface area (Å²) in [6.07, 6.45) is 3.04. The fourth-order valence-electron chi connectivity index (χ4n) is 3.22. The first-order valence-electron chi connectivity index (χ1n) is 8.93. The van der Waals surface area contributed by atoms with Crippen LogP contribution in [0.2, 0.25) is 0 Å². The van der Waals surface area contributed by atoms with E-state index in [0.29, 0.717) is 24.3 Å². The molecule has 2 aliphatic heterocycles. The maximum absolute atomic E-state index is 12.7. The molecular weight excluding hydrogens is 416 g/mol. The Balaban J connectivity index is 1.55. The molecule has 10 heteroatoms. The highest BCUT2D eigenvalue weighted by atomic mass is 32.2. The number of sulfonamides is 1. The molecule has 0 aliphatic carbocycles. The zero-order valence-corrected chi connectivity index (χ0v) is 16.9. The summed E-state index contributed by atoms with van der Waals surface area (Å²) in [4.78, 5) is 12.7. The Bertz CT molecular complexity index is 1210. The molecule has 0 radical (unpaired) electrons. The fraction of sp³-hybridized carbons (Fsp3) is 0.211. The average molecular weight is 434 g/mol. The number of anilines is 1. The lowest BCUT2D eigenvalue weighted by atomic mass is 10.1. The number of carbonyl (C=O) groups excluding carboxylic acids is 1. The highest BCUT2D eigenvalue weighted by Crippen LogP contribution is 2.29. The SMILES string of the molecule is O=C(Nc1ccc2c(c1)C=CS(=O)(=O)O2)c1cccc(S(=O)(=O)N2CCCC2)c1. The normalized spacial score (nSPS) is 18.1. The van der Waals surface area contributed by atoms with E-state index in [-0.39, 0.29) is 16.2 Å². The maximum atomic E-state index is 12.7. The highest BCUT2D eigenvalue weighted by Gasteiger charge is 2.27. The molecule has 4 rings (SSSR count). The molecule has 0 unspecified atom stereocenters. The second-order valence-electron chi connectivity index (χ2n) is 6.72. The molecule has 1 amide bonds. The van der Waals surface area contributed by atoms with Crippen molar-refractivity contribution in [3.05, 3.63) is 59.0 Å². The van der Waals surface area contributed by atoms with Crippen molar-refractivity contribution in [3.63, 3.8) is 0 Å². The lowest BCUT2D eigenvalue weighted by Gasteiger charge is -2.16. The Labute approximate surface area is 169 Å². The fourth-order valence-corrected chi connectivity index (χ4v) is 5.55. The van der Waals surface area contributed by atoms with Crippen molar-refractivity contribution >= 4 is 37.8 Å². The maximum Gasteiger partial charge on any atom is 0.332 e. The Morgan fingerprint density at radius 3 is 2.59 bits per heavy atom. The van der Waals surface area contributed by atoms with Gasteiger partial charge in [0.25, 0.3) is 5.91 Å². The van der Waals surface area contributed by atoms with Gasteiger partial charge in [0.1, 0.15) is 5.75 Å². The van der Waals surface area contributed by atoms with Crippen molar-refractivity contribution in [3.8, 4) is 5.75 Å². The van der Waals surface area contributed by atoms with E-state index in [1.165, 1.54) is 46.8 Å². The van der Waals surface area contributed by atoms with E-state index >= 15 is 0 Å². The van der Waals surface area contributed by atoms with E-state index in [9.17, 15) is 21.6 Å². The molecule has 2 aromatic rings. The van der Waals surface area contributed by atoms with Crippen LogP contribution in [0.3, 0.4) is 0 Å². The predicted octanol–water partition coefficient (Wildman–Crippen LogP) is 2.42. The molecule has 0 spiro atoms. The summed E-state index contributed by atoms with van der Waals surface area (Å²) >= 11 is 0. The van der Waals surface area contributed by atoms with Gasteiger partial charge in [-0.25, -0.2) is 8.42 Å². The summed E-state index contributed by atoms with van der Waals surface area (Å²) in [6, 6.07) is 10.4. The van der Waals surface area contributed by atoms with E-state index in [1.54, 1.807) is 6.07 Å². The number of hydrogen-bond acceptors (Lipinski definition) is 6. The number of amides is 1. The van der Waals surface area contributed by atoms with Crippen LogP contribution >= 0.6 is 0 Å². The van der Waals surface area contributed by atoms with Gasteiger partial charge >= 0.3 is 10.1 Å². The summed E-state index contributed by atoms with van der Waals surface area (Å²) in [5.74, 6) is -0.305. The Morgan fingerprint density at radius 1 is 1.07 bits per heavy atom. The molecular formula is C19H18N2O6S2. The Hall–Kier alpha value is -2.69. The molecule has 0 saturated carbocycles. The van der Waals surface area contributed by atoms with Crippen LogP contribution in [-0.4, -0.2) is 40.1 Å². The monoisotopic (exact) mass is 434 g/mol. The van der Waals surface area contributed by atoms with Crippen molar-refractivity contribution in [2.24, 2.45) is 0 Å². The van der Waals surface area contributed by atoms with Crippen molar-refractivity contribution in [2.75, 3.05) is 18.4 Å². The predicted molar refractivity (Wildman–Crippen MR) is 107 cm³/mol. The number of hydrogen-bond donors (Lipinski definition) is 1. The molecule has 8 nitrogen and oxygen atoms in total. The zero-order chi connectivity index (χ0) is 20.6. The Morgan fingerprint density at radius 2 is 1.83 bits per heavy atom. The van der Waals surface area contributed by atoms with Crippen LogP contribution in [0.25, 0.3) is 6.08 Å². The summed E-state index contributed by atoms with van der Waals surface area (Å²) in [5, 5.41) is 3.63. The number of nitrogens with zero attached hydrogens (tertiary/aromatic N) is 1. The number of benzene rings is 2. The quantitative estimate of drug-likeness (QED) is 0.740. The average Bonchev–Trinajstić information content (AvgIpc) is 3.23. The molecule has 2 aromatic carbocycles. The smallest absolute Gasteiger partial charge is 0.332 e. The van der Waals surface area contributed by atoms with Crippen LogP contribution in [0.5, 0.6) is 5.75 Å². The summed E-state index contributed by atoms with van der Waals surface area (Å²) in [7, 11) is -7.35. The van der Waals surface area contributed by atoms with Crippen molar-refractivity contribution in [2.45, 2.75) is 17.7 Å². The molecule has 1 fully saturated rings. The van der Waals surface area contributed by atoms with Crippen LogP contribution < -0.4 is 9.50 Å². The van der Waals surface area contributed by atoms with Gasteiger partial charge in [0.2, 0.25) is 10.0 Å². The Kier molecular flexibility index (Phi) is 4.93. The van der Waals surface area contributed by atoms with Crippen molar-refractivity contribution in [1.29, 1.82) is 0 Å². The standard InChI is InChI=1S/C19H18N2O6S2/c22-19(20-16-6-7-18-14(12-16)8-11-28(23,24)27-18)15-4-3-5-17(13-15)29(25,26)21-9-1-2-10-21/h3-8,11-13H,1-2,9-10H2,(H,20,22). The van der Waals surface area contributed by atoms with E-state index in [0.717, 1.165) is 18.2 Å². The zero-order valence-electron chi connectivity index (χ0n) is 15.2. The summed E-state index contributed by atoms with van der Waals surface area (Å²) in [6.45, 7) is 0.971. The van der Waals surface area contributed by atoms with Crippen LogP contribution in [-0.2, 0) is 20.1 Å². The third kappa shape index (κ3) is 4.04. The van der Waals surface area contributed by atoms with E-state index in [2.05, 4.69) is 5.32 Å². The minimum absolute atomic E-state index is 0.0824. The number of fused-ring (bicyclic) bond motifs is 1. The summed E-state index contributed by atoms with van der Waals surface area (Å²) in [5.41, 5.74) is 1.13. The lowest BCUT2D eigenvalue weighted by Crippen LogP contribution is -2.28. The first kappa shape index (κ1) is 19.6. The largest absolute Gasteiger partial charge is 0.379 e. The molecule has 29 heavy (non-hydrogen) atoms. The van der Waals surface area contributed by atoms with E-state index in [1.807, 2.05) is 0 Å². The number of nitrogens with one attached hydrogen (secondary N) is 1. The minimum Gasteiger partial charge on any atom is -0.379 e. The highest BCUT2D eigenvalue weighted by molar-refractivity contribution is 7.90.